The zero-order valence-corrected chi connectivity index (χ0v) is 15.5. The summed E-state index contributed by atoms with van der Waals surface area (Å²) in [6.45, 7) is 0. The fourth-order valence-corrected chi connectivity index (χ4v) is 5.48. The quantitative estimate of drug-likeness (QED) is 0.504. The molecular weight excluding hydrogens is 322 g/mol. The highest BCUT2D eigenvalue weighted by Crippen LogP contribution is 2.32. The van der Waals surface area contributed by atoms with Gasteiger partial charge in [-0.1, -0.05) is 0 Å². The SMILES string of the molecule is CO[Si](CCC(F)(F)CC[Si](OC)(OC)OC)(OC)OC. The number of rotatable bonds is 12. The lowest BCUT2D eigenvalue weighted by Crippen LogP contribution is -2.45. The average Bonchev–Trinajstić information content (AvgIpc) is 2.51. The van der Waals surface area contributed by atoms with Gasteiger partial charge < -0.3 is 26.6 Å². The van der Waals surface area contributed by atoms with Crippen molar-refractivity contribution < 1.29 is 35.3 Å². The van der Waals surface area contributed by atoms with Gasteiger partial charge in [0.25, 0.3) is 0 Å². The molecule has 0 heterocycles. The van der Waals surface area contributed by atoms with Crippen LogP contribution in [0.15, 0.2) is 0 Å². The maximum absolute atomic E-state index is 14.0. The number of halogens is 2. The van der Waals surface area contributed by atoms with Gasteiger partial charge in [-0.05, 0) is 0 Å². The van der Waals surface area contributed by atoms with Gasteiger partial charge in [-0.15, -0.1) is 0 Å². The van der Waals surface area contributed by atoms with E-state index in [9.17, 15) is 8.78 Å². The first kappa shape index (κ1) is 21.1. The fourth-order valence-electron chi connectivity index (χ4n) is 1.91. The van der Waals surface area contributed by atoms with Gasteiger partial charge in [0.05, 0.1) is 0 Å². The number of hydrogen-bond acceptors (Lipinski definition) is 6. The van der Waals surface area contributed by atoms with Gasteiger partial charge in [0.1, 0.15) is 0 Å². The highest BCUT2D eigenvalue weighted by Gasteiger charge is 2.45. The molecule has 0 aliphatic carbocycles. The van der Waals surface area contributed by atoms with Crippen molar-refractivity contribution in [1.82, 2.24) is 0 Å². The second kappa shape index (κ2) is 9.25. The monoisotopic (exact) mass is 348 g/mol. The molecule has 128 valence electrons. The Hall–Kier alpha value is 0.0538. The summed E-state index contributed by atoms with van der Waals surface area (Å²) in [5, 5.41) is 0. The van der Waals surface area contributed by atoms with Crippen LogP contribution in [0.4, 0.5) is 8.78 Å². The minimum absolute atomic E-state index is 0.0327. The molecule has 0 rings (SSSR count). The van der Waals surface area contributed by atoms with Crippen molar-refractivity contribution in [2.24, 2.45) is 0 Å². The van der Waals surface area contributed by atoms with Crippen molar-refractivity contribution in [3.8, 4) is 0 Å². The van der Waals surface area contributed by atoms with Gasteiger partial charge in [0.15, 0.2) is 0 Å². The molecule has 10 heteroatoms. The molecule has 0 atom stereocenters. The Morgan fingerprint density at radius 3 is 1.05 bits per heavy atom. The molecule has 0 saturated heterocycles. The number of alkyl halides is 2. The average molecular weight is 348 g/mol. The van der Waals surface area contributed by atoms with Crippen LogP contribution in [0.2, 0.25) is 12.1 Å². The Morgan fingerprint density at radius 1 is 0.619 bits per heavy atom. The largest absolute Gasteiger partial charge is 0.500 e. The maximum Gasteiger partial charge on any atom is 0.500 e. The molecular formula is C11H26F2O6Si2. The molecule has 0 radical (unpaired) electrons. The van der Waals surface area contributed by atoms with Crippen LogP contribution in [0, 0.1) is 0 Å². The lowest BCUT2D eigenvalue weighted by molar-refractivity contribution is -0.0174. The van der Waals surface area contributed by atoms with Crippen LogP contribution in [0.25, 0.3) is 0 Å². The lowest BCUT2D eigenvalue weighted by Gasteiger charge is -2.28. The van der Waals surface area contributed by atoms with E-state index in [0.29, 0.717) is 0 Å². The van der Waals surface area contributed by atoms with Crippen LogP contribution in [-0.2, 0) is 26.6 Å². The van der Waals surface area contributed by atoms with Gasteiger partial charge in [-0.25, -0.2) is 8.78 Å². The van der Waals surface area contributed by atoms with Crippen molar-refractivity contribution in [3.63, 3.8) is 0 Å². The molecule has 0 N–H and O–H groups in total. The molecule has 0 aromatic heterocycles. The third-order valence-electron chi connectivity index (χ3n) is 3.46. The highest BCUT2D eigenvalue weighted by molar-refractivity contribution is 6.61. The Labute approximate surface area is 127 Å². The van der Waals surface area contributed by atoms with E-state index < -0.39 is 36.4 Å². The zero-order valence-electron chi connectivity index (χ0n) is 13.5. The van der Waals surface area contributed by atoms with Gasteiger partial charge in [-0.2, -0.15) is 0 Å². The Bertz CT molecular complexity index is 245. The molecule has 0 spiro atoms. The van der Waals surface area contributed by atoms with Crippen LogP contribution < -0.4 is 0 Å². The Balaban J connectivity index is 4.56. The van der Waals surface area contributed by atoms with Crippen molar-refractivity contribution >= 4 is 17.6 Å². The molecule has 0 saturated carbocycles. The predicted octanol–water partition coefficient (Wildman–Crippen LogP) is 2.16. The van der Waals surface area contributed by atoms with Crippen molar-refractivity contribution in [2.45, 2.75) is 30.9 Å². The summed E-state index contributed by atoms with van der Waals surface area (Å²) < 4.78 is 58.8. The van der Waals surface area contributed by atoms with Gasteiger partial charge >= 0.3 is 17.6 Å². The molecule has 0 bridgehead atoms. The molecule has 21 heavy (non-hydrogen) atoms. The van der Waals surface area contributed by atoms with Crippen molar-refractivity contribution in [2.75, 3.05) is 42.7 Å². The minimum Gasteiger partial charge on any atom is -0.377 e. The molecule has 0 unspecified atom stereocenters. The first-order chi connectivity index (χ1) is 9.78. The first-order valence-corrected chi connectivity index (χ1v) is 10.3. The molecule has 6 nitrogen and oxygen atoms in total. The molecule has 0 fully saturated rings. The van der Waals surface area contributed by atoms with E-state index in [1.807, 2.05) is 0 Å². The molecule has 0 aliphatic heterocycles. The van der Waals surface area contributed by atoms with Gasteiger partial charge in [0, 0.05) is 67.6 Å². The van der Waals surface area contributed by atoms with E-state index >= 15 is 0 Å². The summed E-state index contributed by atoms with van der Waals surface area (Å²) in [6, 6.07) is 0.0655. The van der Waals surface area contributed by atoms with Crippen LogP contribution in [0.3, 0.4) is 0 Å². The third-order valence-corrected chi connectivity index (χ3v) is 8.92. The summed E-state index contributed by atoms with van der Waals surface area (Å²) in [7, 11) is 2.41. The van der Waals surface area contributed by atoms with E-state index in [-0.39, 0.29) is 12.1 Å². The van der Waals surface area contributed by atoms with Crippen LogP contribution in [-0.4, -0.2) is 66.2 Å². The standard InChI is InChI=1S/C11H26F2O6Si2/c1-14-20(15-2,16-3)9-7-11(12,13)8-10-21(17-4,18-5)19-6/h7-10H2,1-6H3. The lowest BCUT2D eigenvalue weighted by atomic mass is 10.2. The summed E-state index contributed by atoms with van der Waals surface area (Å²) in [5.41, 5.74) is 0. The van der Waals surface area contributed by atoms with Crippen LogP contribution >= 0.6 is 0 Å². The van der Waals surface area contributed by atoms with Gasteiger partial charge in [-0.3, -0.25) is 0 Å². The Kier molecular flexibility index (Phi) is 9.27. The van der Waals surface area contributed by atoms with Crippen molar-refractivity contribution in [3.05, 3.63) is 0 Å². The molecule has 0 amide bonds. The van der Waals surface area contributed by atoms with E-state index in [4.69, 9.17) is 26.6 Å². The molecule has 0 aliphatic rings. The second-order valence-electron chi connectivity index (χ2n) is 4.45. The van der Waals surface area contributed by atoms with E-state index in [2.05, 4.69) is 0 Å². The summed E-state index contributed by atoms with van der Waals surface area (Å²) in [6.07, 6.45) is -0.785. The third kappa shape index (κ3) is 6.36. The normalized spacial score (nSPS) is 13.7. The fraction of sp³-hybridized carbons (Fsp3) is 1.00. The van der Waals surface area contributed by atoms with Crippen LogP contribution in [0.1, 0.15) is 12.8 Å². The Morgan fingerprint density at radius 2 is 0.857 bits per heavy atom. The van der Waals surface area contributed by atoms with Gasteiger partial charge in [0.2, 0.25) is 5.92 Å². The number of hydrogen-bond donors (Lipinski definition) is 0. The molecule has 0 aromatic rings. The van der Waals surface area contributed by atoms with E-state index in [0.717, 1.165) is 0 Å². The van der Waals surface area contributed by atoms with Crippen molar-refractivity contribution in [1.29, 1.82) is 0 Å². The van der Waals surface area contributed by atoms with E-state index in [1.54, 1.807) is 0 Å². The highest BCUT2D eigenvalue weighted by atomic mass is 28.4. The predicted molar refractivity (Wildman–Crippen MR) is 77.4 cm³/mol. The summed E-state index contributed by atoms with van der Waals surface area (Å²) >= 11 is 0. The minimum atomic E-state index is -2.99. The second-order valence-corrected chi connectivity index (χ2v) is 10.6. The van der Waals surface area contributed by atoms with E-state index in [1.165, 1.54) is 42.7 Å². The zero-order chi connectivity index (χ0) is 16.6. The smallest absolute Gasteiger partial charge is 0.377 e. The summed E-state index contributed by atoms with van der Waals surface area (Å²) in [5.74, 6) is -2.90. The maximum atomic E-state index is 14.0. The molecule has 0 aromatic carbocycles. The topological polar surface area (TPSA) is 55.4 Å². The first-order valence-electron chi connectivity index (χ1n) is 6.47. The van der Waals surface area contributed by atoms with Crippen LogP contribution in [0.5, 0.6) is 0 Å². The summed E-state index contributed by atoms with van der Waals surface area (Å²) in [4.78, 5) is 0.